The van der Waals surface area contributed by atoms with E-state index in [-0.39, 0.29) is 11.9 Å². The summed E-state index contributed by atoms with van der Waals surface area (Å²) in [6.07, 6.45) is 7.16. The lowest BCUT2D eigenvalue weighted by molar-refractivity contribution is -0.132. The summed E-state index contributed by atoms with van der Waals surface area (Å²) in [5, 5.41) is 3.07. The van der Waals surface area contributed by atoms with Gasteiger partial charge in [-0.05, 0) is 36.8 Å². The summed E-state index contributed by atoms with van der Waals surface area (Å²) in [4.78, 5) is 30.8. The average Bonchev–Trinajstić information content (AvgIpc) is 3.39. The highest BCUT2D eigenvalue weighted by atomic mass is 16.2. The number of nitrogens with one attached hydrogen (secondary N) is 1. The molecule has 0 atom stereocenters. The molecule has 1 N–H and O–H groups in total. The summed E-state index contributed by atoms with van der Waals surface area (Å²) in [5.41, 5.74) is 0.432. The third-order valence-electron chi connectivity index (χ3n) is 6.63. The second-order valence-corrected chi connectivity index (χ2v) is 8.47. The van der Waals surface area contributed by atoms with Gasteiger partial charge in [-0.1, -0.05) is 73.5 Å². The molecule has 0 bridgehead atoms. The zero-order chi connectivity index (χ0) is 19.8. The highest BCUT2D eigenvalue weighted by molar-refractivity contribution is 6.09. The van der Waals surface area contributed by atoms with Gasteiger partial charge in [-0.25, -0.2) is 9.69 Å². The molecule has 0 unspecified atom stereocenters. The quantitative estimate of drug-likeness (QED) is 0.764. The fraction of sp³-hybridized carbons (Fsp3) is 0.417. The predicted molar refractivity (Wildman–Crippen MR) is 111 cm³/mol. The fourth-order valence-corrected chi connectivity index (χ4v) is 4.97. The lowest BCUT2D eigenvalue weighted by atomic mass is 9.83. The molecule has 2 aliphatic carbocycles. The van der Waals surface area contributed by atoms with Gasteiger partial charge in [0.2, 0.25) is 0 Å². The predicted octanol–water partition coefficient (Wildman–Crippen LogP) is 3.85. The Morgan fingerprint density at radius 1 is 0.828 bits per heavy atom. The Kier molecular flexibility index (Phi) is 4.63. The van der Waals surface area contributed by atoms with Crippen molar-refractivity contribution in [3.8, 4) is 0 Å². The molecule has 5 nitrogen and oxygen atoms in total. The molecule has 1 heterocycles. The number of rotatable bonds is 6. The Morgan fingerprint density at radius 2 is 1.34 bits per heavy atom. The van der Waals surface area contributed by atoms with Crippen molar-refractivity contribution in [3.05, 3.63) is 71.8 Å². The van der Waals surface area contributed by atoms with Crippen molar-refractivity contribution in [2.45, 2.75) is 56.1 Å². The van der Waals surface area contributed by atoms with E-state index in [0.717, 1.165) is 11.1 Å². The average molecular weight is 389 g/mol. The molecule has 5 heteroatoms. The fourth-order valence-electron chi connectivity index (χ4n) is 4.97. The molecule has 0 spiro atoms. The van der Waals surface area contributed by atoms with E-state index in [9.17, 15) is 9.59 Å². The second-order valence-electron chi connectivity index (χ2n) is 8.47. The number of carbonyl (C=O) groups is 2. The minimum atomic E-state index is -1.16. The number of imide groups is 1. The minimum absolute atomic E-state index is 0.177. The van der Waals surface area contributed by atoms with Crippen molar-refractivity contribution < 1.29 is 9.59 Å². The van der Waals surface area contributed by atoms with Crippen molar-refractivity contribution >= 4 is 11.9 Å². The molecule has 3 fully saturated rings. The maximum Gasteiger partial charge on any atom is 0.326 e. The number of urea groups is 1. The molecular weight excluding hydrogens is 362 g/mol. The summed E-state index contributed by atoms with van der Waals surface area (Å²) in [6, 6.07) is 19.9. The standard InChI is InChI=1S/C24H27N3O2/c28-22-24(18-9-3-1-4-10-18,19-11-5-2-6-12-19)25-23(29)27(22)17-26(21-15-16-21)20-13-7-8-14-20/h1-6,9-12,20-21H,7-8,13-17H2,(H,25,29). The van der Waals surface area contributed by atoms with E-state index in [1.165, 1.54) is 43.4 Å². The highest BCUT2D eigenvalue weighted by Crippen LogP contribution is 2.39. The van der Waals surface area contributed by atoms with Crippen molar-refractivity contribution in [3.63, 3.8) is 0 Å². The second kappa shape index (κ2) is 7.30. The zero-order valence-electron chi connectivity index (χ0n) is 16.6. The van der Waals surface area contributed by atoms with Crippen LogP contribution in [0.4, 0.5) is 4.79 Å². The van der Waals surface area contributed by atoms with Crippen LogP contribution in [0.3, 0.4) is 0 Å². The maximum absolute atomic E-state index is 13.8. The Labute approximate surface area is 171 Å². The summed E-state index contributed by atoms with van der Waals surface area (Å²) < 4.78 is 0. The highest BCUT2D eigenvalue weighted by Gasteiger charge is 2.54. The van der Waals surface area contributed by atoms with Crippen molar-refractivity contribution in [1.82, 2.24) is 15.1 Å². The first-order chi connectivity index (χ1) is 14.2. The van der Waals surface area contributed by atoms with E-state index in [2.05, 4.69) is 10.2 Å². The number of nitrogens with zero attached hydrogens (tertiary/aromatic N) is 2. The van der Waals surface area contributed by atoms with Crippen molar-refractivity contribution in [2.75, 3.05) is 6.67 Å². The van der Waals surface area contributed by atoms with Crippen LogP contribution in [0.2, 0.25) is 0 Å². The minimum Gasteiger partial charge on any atom is -0.315 e. The molecule has 150 valence electrons. The van der Waals surface area contributed by atoms with E-state index >= 15 is 0 Å². The topological polar surface area (TPSA) is 52.7 Å². The number of amides is 3. The van der Waals surface area contributed by atoms with E-state index in [4.69, 9.17) is 0 Å². The van der Waals surface area contributed by atoms with E-state index in [1.807, 2.05) is 60.7 Å². The molecule has 3 amide bonds. The Balaban J connectivity index is 1.51. The van der Waals surface area contributed by atoms with Gasteiger partial charge in [0.25, 0.3) is 5.91 Å². The molecule has 2 aromatic rings. The lowest BCUT2D eigenvalue weighted by Crippen LogP contribution is -2.48. The lowest BCUT2D eigenvalue weighted by Gasteiger charge is -2.32. The molecule has 5 rings (SSSR count). The number of hydrogen-bond acceptors (Lipinski definition) is 3. The monoisotopic (exact) mass is 389 g/mol. The van der Waals surface area contributed by atoms with Crippen LogP contribution in [0.15, 0.2) is 60.7 Å². The van der Waals surface area contributed by atoms with Crippen LogP contribution in [0.5, 0.6) is 0 Å². The molecular formula is C24H27N3O2. The van der Waals surface area contributed by atoms with Gasteiger partial charge < -0.3 is 5.32 Å². The van der Waals surface area contributed by atoms with Gasteiger partial charge in [-0.3, -0.25) is 9.69 Å². The summed E-state index contributed by atoms with van der Waals surface area (Å²) in [5.74, 6) is -0.177. The van der Waals surface area contributed by atoms with Crippen LogP contribution in [-0.4, -0.2) is 40.5 Å². The number of carbonyl (C=O) groups excluding carboxylic acids is 2. The van der Waals surface area contributed by atoms with Gasteiger partial charge in [0, 0.05) is 12.1 Å². The summed E-state index contributed by atoms with van der Waals surface area (Å²) in [7, 11) is 0. The first kappa shape index (κ1) is 18.4. The molecule has 1 aliphatic heterocycles. The summed E-state index contributed by atoms with van der Waals surface area (Å²) >= 11 is 0. The van der Waals surface area contributed by atoms with E-state index < -0.39 is 5.54 Å². The molecule has 2 saturated carbocycles. The van der Waals surface area contributed by atoms with Crippen LogP contribution in [0.1, 0.15) is 49.7 Å². The zero-order valence-corrected chi connectivity index (χ0v) is 16.6. The smallest absolute Gasteiger partial charge is 0.315 e. The van der Waals surface area contributed by atoms with Crippen LogP contribution < -0.4 is 5.32 Å². The molecule has 29 heavy (non-hydrogen) atoms. The third kappa shape index (κ3) is 3.14. The Morgan fingerprint density at radius 3 is 1.86 bits per heavy atom. The van der Waals surface area contributed by atoms with Crippen molar-refractivity contribution in [1.29, 1.82) is 0 Å². The summed E-state index contributed by atoms with van der Waals surface area (Å²) in [6.45, 7) is 0.390. The molecule has 3 aliphatic rings. The SMILES string of the molecule is O=C1NC(c2ccccc2)(c2ccccc2)C(=O)N1CN(C1CCCC1)C1CC1. The largest absolute Gasteiger partial charge is 0.326 e. The van der Waals surface area contributed by atoms with Gasteiger partial charge in [-0.15, -0.1) is 0 Å². The number of hydrogen-bond donors (Lipinski definition) is 1. The van der Waals surface area contributed by atoms with Gasteiger partial charge in [0.1, 0.15) is 0 Å². The van der Waals surface area contributed by atoms with Gasteiger partial charge in [0.15, 0.2) is 5.54 Å². The van der Waals surface area contributed by atoms with Crippen LogP contribution >= 0.6 is 0 Å². The number of benzene rings is 2. The first-order valence-corrected chi connectivity index (χ1v) is 10.7. The van der Waals surface area contributed by atoms with Gasteiger partial charge >= 0.3 is 6.03 Å². The van der Waals surface area contributed by atoms with Gasteiger partial charge in [0.05, 0.1) is 6.67 Å². The van der Waals surface area contributed by atoms with Crippen molar-refractivity contribution in [2.24, 2.45) is 0 Å². The van der Waals surface area contributed by atoms with Gasteiger partial charge in [-0.2, -0.15) is 0 Å². The molecule has 0 aromatic heterocycles. The van der Waals surface area contributed by atoms with E-state index in [1.54, 1.807) is 0 Å². The maximum atomic E-state index is 13.8. The van der Waals surface area contributed by atoms with Crippen LogP contribution in [0.25, 0.3) is 0 Å². The first-order valence-electron chi connectivity index (χ1n) is 10.7. The van der Waals surface area contributed by atoms with E-state index in [0.29, 0.717) is 18.8 Å². The Hall–Kier alpha value is -2.66. The normalized spacial score (nSPS) is 21.8. The molecule has 1 saturated heterocycles. The molecule has 2 aromatic carbocycles. The Bertz CT molecular complexity index is 849. The molecule has 0 radical (unpaired) electrons. The van der Waals surface area contributed by atoms with Crippen LogP contribution in [0, 0.1) is 0 Å². The third-order valence-corrected chi connectivity index (χ3v) is 6.63. The van der Waals surface area contributed by atoms with Crippen LogP contribution in [-0.2, 0) is 10.3 Å².